The molecule has 1 aliphatic heterocycles. The third-order valence-corrected chi connectivity index (χ3v) is 5.11. The standard InChI is InChI=1S/C19H13N3O4S2/c1-25-12-4-2-11(3-5-12)21-17(23)14-9-20-8-10-6-13(26-16(10)14)7-15-18(24)22-19(27)28-15/h2-9H,1H3,(H,21,23)(H,22,24,27)/b15-7+. The van der Waals surface area contributed by atoms with Gasteiger partial charge in [-0.1, -0.05) is 24.0 Å². The van der Waals surface area contributed by atoms with E-state index in [1.165, 1.54) is 6.20 Å². The Morgan fingerprint density at radius 3 is 2.79 bits per heavy atom. The molecule has 0 saturated carbocycles. The topological polar surface area (TPSA) is 93.5 Å². The first kappa shape index (κ1) is 18.2. The first-order chi connectivity index (χ1) is 13.5. The summed E-state index contributed by atoms with van der Waals surface area (Å²) in [6, 6.07) is 8.69. The molecule has 0 spiro atoms. The molecule has 2 aromatic heterocycles. The van der Waals surface area contributed by atoms with Crippen molar-refractivity contribution in [1.82, 2.24) is 10.3 Å². The van der Waals surface area contributed by atoms with Gasteiger partial charge >= 0.3 is 0 Å². The molecular formula is C19H13N3O4S2. The minimum atomic E-state index is -0.356. The lowest BCUT2D eigenvalue weighted by Gasteiger charge is -2.06. The monoisotopic (exact) mass is 411 g/mol. The van der Waals surface area contributed by atoms with E-state index < -0.39 is 0 Å². The van der Waals surface area contributed by atoms with Gasteiger partial charge in [0.15, 0.2) is 5.58 Å². The number of nitrogens with one attached hydrogen (secondary N) is 2. The van der Waals surface area contributed by atoms with Gasteiger partial charge in [-0.3, -0.25) is 14.6 Å². The normalized spacial score (nSPS) is 15.1. The van der Waals surface area contributed by atoms with E-state index >= 15 is 0 Å². The van der Waals surface area contributed by atoms with Crippen LogP contribution in [0, 0.1) is 0 Å². The van der Waals surface area contributed by atoms with Gasteiger partial charge in [0, 0.05) is 29.5 Å². The minimum Gasteiger partial charge on any atom is -0.497 e. The van der Waals surface area contributed by atoms with Crippen LogP contribution in [0.5, 0.6) is 5.75 Å². The van der Waals surface area contributed by atoms with Crippen LogP contribution in [0.25, 0.3) is 17.0 Å². The number of hydrogen-bond acceptors (Lipinski definition) is 7. The van der Waals surface area contributed by atoms with Crippen LogP contribution >= 0.6 is 24.0 Å². The Hall–Kier alpha value is -3.17. The number of benzene rings is 1. The lowest BCUT2D eigenvalue weighted by atomic mass is 10.2. The number of pyridine rings is 1. The molecule has 28 heavy (non-hydrogen) atoms. The van der Waals surface area contributed by atoms with Crippen molar-refractivity contribution in [3.63, 3.8) is 0 Å². The van der Waals surface area contributed by atoms with Gasteiger partial charge in [-0.05, 0) is 30.3 Å². The fourth-order valence-corrected chi connectivity index (χ4v) is 3.66. The third-order valence-electron chi connectivity index (χ3n) is 3.95. The quantitative estimate of drug-likeness (QED) is 0.501. The highest BCUT2D eigenvalue weighted by Crippen LogP contribution is 2.29. The van der Waals surface area contributed by atoms with Gasteiger partial charge in [-0.2, -0.15) is 0 Å². The number of hydrogen-bond donors (Lipinski definition) is 2. The van der Waals surface area contributed by atoms with E-state index in [9.17, 15) is 9.59 Å². The number of rotatable bonds is 4. The molecule has 3 heterocycles. The van der Waals surface area contributed by atoms with Crippen LogP contribution in [0.1, 0.15) is 16.1 Å². The Kier molecular flexibility index (Phi) is 4.84. The second-order valence-corrected chi connectivity index (χ2v) is 7.51. The second-order valence-electron chi connectivity index (χ2n) is 5.79. The molecule has 2 N–H and O–H groups in total. The zero-order valence-corrected chi connectivity index (χ0v) is 16.1. The number of aromatic nitrogens is 1. The van der Waals surface area contributed by atoms with Crippen molar-refractivity contribution in [2.24, 2.45) is 0 Å². The Bertz CT molecular complexity index is 1140. The molecule has 0 radical (unpaired) electrons. The maximum absolute atomic E-state index is 12.7. The summed E-state index contributed by atoms with van der Waals surface area (Å²) in [5.74, 6) is 0.500. The van der Waals surface area contributed by atoms with E-state index in [0.29, 0.717) is 37.4 Å². The van der Waals surface area contributed by atoms with Crippen molar-refractivity contribution < 1.29 is 18.7 Å². The summed E-state index contributed by atoms with van der Waals surface area (Å²) in [7, 11) is 1.57. The lowest BCUT2D eigenvalue weighted by Crippen LogP contribution is -2.17. The molecule has 2 amide bonds. The Morgan fingerprint density at radius 1 is 1.32 bits per heavy atom. The van der Waals surface area contributed by atoms with Gasteiger partial charge in [0.25, 0.3) is 11.8 Å². The van der Waals surface area contributed by atoms with Crippen LogP contribution < -0.4 is 15.4 Å². The van der Waals surface area contributed by atoms with Crippen molar-refractivity contribution in [2.45, 2.75) is 0 Å². The van der Waals surface area contributed by atoms with Gasteiger partial charge in [-0.15, -0.1) is 0 Å². The summed E-state index contributed by atoms with van der Waals surface area (Å²) in [6.45, 7) is 0. The summed E-state index contributed by atoms with van der Waals surface area (Å²) < 4.78 is 11.3. The molecular weight excluding hydrogens is 398 g/mol. The molecule has 0 unspecified atom stereocenters. The Morgan fingerprint density at radius 2 is 2.11 bits per heavy atom. The fourth-order valence-electron chi connectivity index (χ4n) is 2.64. The maximum atomic E-state index is 12.7. The number of thioether (sulfide) groups is 1. The van der Waals surface area contributed by atoms with Crippen molar-refractivity contribution in [2.75, 3.05) is 12.4 Å². The number of fused-ring (bicyclic) bond motifs is 1. The lowest BCUT2D eigenvalue weighted by molar-refractivity contribution is -0.115. The second kappa shape index (κ2) is 7.45. The van der Waals surface area contributed by atoms with Crippen LogP contribution in [-0.2, 0) is 4.79 Å². The number of furan rings is 1. The molecule has 9 heteroatoms. The highest BCUT2D eigenvalue weighted by atomic mass is 32.2. The van der Waals surface area contributed by atoms with Gasteiger partial charge in [0.1, 0.15) is 21.4 Å². The molecule has 4 rings (SSSR count). The van der Waals surface area contributed by atoms with E-state index in [1.54, 1.807) is 49.7 Å². The van der Waals surface area contributed by atoms with Crippen LogP contribution in [0.4, 0.5) is 5.69 Å². The average Bonchev–Trinajstić information content (AvgIpc) is 3.24. The number of anilines is 1. The first-order valence-electron chi connectivity index (χ1n) is 8.11. The van der Waals surface area contributed by atoms with Crippen molar-refractivity contribution >= 4 is 62.8 Å². The smallest absolute Gasteiger partial charge is 0.263 e. The zero-order valence-electron chi connectivity index (χ0n) is 14.5. The van der Waals surface area contributed by atoms with Crippen LogP contribution in [0.3, 0.4) is 0 Å². The van der Waals surface area contributed by atoms with Crippen LogP contribution in [0.2, 0.25) is 0 Å². The van der Waals surface area contributed by atoms with E-state index in [0.717, 1.165) is 11.8 Å². The Balaban J connectivity index is 1.63. The zero-order chi connectivity index (χ0) is 19.7. The first-order valence-corrected chi connectivity index (χ1v) is 9.34. The predicted octanol–water partition coefficient (Wildman–Crippen LogP) is 3.58. The molecule has 140 valence electrons. The van der Waals surface area contributed by atoms with Crippen molar-refractivity contribution in [3.8, 4) is 5.75 Å². The molecule has 3 aromatic rings. The van der Waals surface area contributed by atoms with Gasteiger partial charge in [-0.25, -0.2) is 0 Å². The molecule has 1 aromatic carbocycles. The van der Waals surface area contributed by atoms with E-state index in [1.807, 2.05) is 0 Å². The predicted molar refractivity (Wildman–Crippen MR) is 111 cm³/mol. The van der Waals surface area contributed by atoms with E-state index in [-0.39, 0.29) is 17.4 Å². The molecule has 0 aliphatic carbocycles. The minimum absolute atomic E-state index is 0.272. The largest absolute Gasteiger partial charge is 0.497 e. The molecule has 1 saturated heterocycles. The van der Waals surface area contributed by atoms with Gasteiger partial charge in [0.05, 0.1) is 12.0 Å². The van der Waals surface area contributed by atoms with E-state index in [4.69, 9.17) is 21.4 Å². The molecule has 7 nitrogen and oxygen atoms in total. The number of thiocarbonyl (C=S) groups is 1. The molecule has 1 fully saturated rings. The number of carbonyl (C=O) groups is 2. The third kappa shape index (κ3) is 3.62. The molecule has 1 aliphatic rings. The number of nitrogens with zero attached hydrogens (tertiary/aromatic N) is 1. The molecule has 0 bridgehead atoms. The summed E-state index contributed by atoms with van der Waals surface area (Å²) in [5.41, 5.74) is 1.29. The van der Waals surface area contributed by atoms with Crippen molar-refractivity contribution in [1.29, 1.82) is 0 Å². The van der Waals surface area contributed by atoms with E-state index in [2.05, 4.69) is 15.6 Å². The highest BCUT2D eigenvalue weighted by molar-refractivity contribution is 8.26. The van der Waals surface area contributed by atoms with Crippen LogP contribution in [0.15, 0.2) is 52.0 Å². The van der Waals surface area contributed by atoms with Crippen LogP contribution in [-0.4, -0.2) is 28.2 Å². The fraction of sp³-hybridized carbons (Fsp3) is 0.0526. The van der Waals surface area contributed by atoms with Gasteiger partial charge < -0.3 is 19.8 Å². The number of ether oxygens (including phenoxy) is 1. The SMILES string of the molecule is COc1ccc(NC(=O)c2cncc3cc(/C=C4/SC(=S)NC4=O)oc23)cc1. The maximum Gasteiger partial charge on any atom is 0.263 e. The number of amides is 2. The summed E-state index contributed by atoms with van der Waals surface area (Å²) in [6.07, 6.45) is 4.62. The summed E-state index contributed by atoms with van der Waals surface area (Å²) in [4.78, 5) is 29.0. The van der Waals surface area contributed by atoms with Crippen molar-refractivity contribution in [3.05, 3.63) is 59.0 Å². The van der Waals surface area contributed by atoms with Gasteiger partial charge in [0.2, 0.25) is 0 Å². The number of methoxy groups -OCH3 is 1. The average molecular weight is 411 g/mol. The Labute approximate surface area is 169 Å². The number of carbonyl (C=O) groups excluding carboxylic acids is 2. The summed E-state index contributed by atoms with van der Waals surface area (Å²) in [5, 5.41) is 6.00. The summed E-state index contributed by atoms with van der Waals surface area (Å²) >= 11 is 6.14. The highest BCUT2D eigenvalue weighted by Gasteiger charge is 2.23. The molecule has 0 atom stereocenters.